The van der Waals surface area contributed by atoms with E-state index in [0.29, 0.717) is 5.75 Å². The third kappa shape index (κ3) is 24.2. The molecule has 12 bridgehead atoms. The van der Waals surface area contributed by atoms with E-state index in [1.807, 2.05) is 48.5 Å². The van der Waals surface area contributed by atoms with Gasteiger partial charge in [-0.3, -0.25) is 52.7 Å². The number of thioether (sulfide) groups is 1. The van der Waals surface area contributed by atoms with Crippen molar-refractivity contribution in [2.24, 2.45) is 0 Å². The van der Waals surface area contributed by atoms with Crippen LogP contribution in [0.2, 0.25) is 0 Å². The molecule has 0 saturated carbocycles. The third-order valence-electron chi connectivity index (χ3n) is 20.3. The van der Waals surface area contributed by atoms with E-state index in [0.717, 1.165) is 98.4 Å². The maximum absolute atomic E-state index is 13.8. The van der Waals surface area contributed by atoms with Gasteiger partial charge in [-0.25, -0.2) is 4.79 Å². The van der Waals surface area contributed by atoms with Crippen molar-refractivity contribution in [2.75, 3.05) is 70.9 Å². The summed E-state index contributed by atoms with van der Waals surface area (Å²) in [7, 11) is 0. The Bertz CT molecular complexity index is 3910. The number of ether oxygens (including phenoxy) is 25. The summed E-state index contributed by atoms with van der Waals surface area (Å²) >= 11 is 1.34. The van der Waals surface area contributed by atoms with Crippen molar-refractivity contribution in [1.82, 2.24) is 5.32 Å². The lowest BCUT2D eigenvalue weighted by Crippen LogP contribution is -2.71. The van der Waals surface area contributed by atoms with Crippen LogP contribution in [0.4, 0.5) is 4.79 Å². The van der Waals surface area contributed by atoms with Crippen LogP contribution in [0.3, 0.4) is 0 Å². The zero-order valence-electron chi connectivity index (χ0n) is 68.7. The SMILES string of the molecule is CC(=O)O[C@@H]1[C@@H](OC(C)=O)[C@H]2O[C@H]3[C@H](OC(C)=O)[C@@H](OCCCSCCNC(=O)OCC4c5ccccc5-c5ccccc54)[C@@H](O[C@H]4[C@H](OC(C)=O)[C@@H](OC(C)=O)[C@@H](O[C@@H]5[C@@H](OC(C)=O)[C@H](OC(C)=O)[C@H](O[C@@H]6[C@@H](OC(C)=O)[C@H](OC(C)=O)[C@H](O[C@@H]7[C@@H](OC(C)=O)[C@H](OC(C)=O)[C@H](O[C@@H]1[C@@H](CO)O2)O[C@H]7CO)O[C@H]6CO)O[C@H]5CO)O[C@@H]4CO)O[C@@H]3CO. The van der Waals surface area contributed by atoms with Crippen LogP contribution in [0.15, 0.2) is 48.5 Å². The lowest BCUT2D eigenvalue weighted by Gasteiger charge is -2.52. The number of fused-ring (bicyclic) bond motifs is 3. The minimum Gasteiger partial charge on any atom is -0.457 e. The summed E-state index contributed by atoms with van der Waals surface area (Å²) < 4.78 is 154. The molecular formula is C78H103NO43S. The molecule has 0 spiro atoms. The number of nitrogens with one attached hydrogen (secondary N) is 1. The fourth-order valence-electron chi connectivity index (χ4n) is 15.8. The average molecular weight is 1770 g/mol. The number of benzene rings is 2. The molecule has 684 valence electrons. The number of rotatable bonds is 27. The average Bonchev–Trinajstić information content (AvgIpc) is 1.63. The van der Waals surface area contributed by atoms with E-state index < -0.39 is 296 Å². The molecule has 22 heterocycles. The summed E-state index contributed by atoms with van der Waals surface area (Å²) in [5, 5.41) is 71.6. The smallest absolute Gasteiger partial charge is 0.407 e. The molecular weight excluding hydrogens is 1670 g/mol. The molecule has 25 rings (SSSR count). The van der Waals surface area contributed by atoms with E-state index in [-0.39, 0.29) is 37.9 Å². The van der Waals surface area contributed by atoms with Crippen molar-refractivity contribution in [2.45, 2.75) is 273 Å². The van der Waals surface area contributed by atoms with Crippen LogP contribution < -0.4 is 5.32 Å². The Balaban J connectivity index is 1.07. The fraction of sp³-hybridized carbons (Fsp3) is 0.692. The Labute approximate surface area is 707 Å². The minimum absolute atomic E-state index is 0.0516. The van der Waals surface area contributed by atoms with E-state index in [2.05, 4.69) is 5.32 Å². The number of carbonyl (C=O) groups excluding carboxylic acids is 12. The van der Waals surface area contributed by atoms with Crippen molar-refractivity contribution < 1.29 is 207 Å². The molecule has 2 aromatic rings. The first kappa shape index (κ1) is 96.7. The molecule has 30 atom stereocenters. The molecule has 44 nitrogen and oxygen atoms in total. The molecule has 0 unspecified atom stereocenters. The van der Waals surface area contributed by atoms with Gasteiger partial charge in [0.25, 0.3) is 0 Å². The highest BCUT2D eigenvalue weighted by atomic mass is 32.2. The summed E-state index contributed by atoms with van der Waals surface area (Å²) in [6.07, 6.45) is -63.2. The molecule has 1 amide bonds. The van der Waals surface area contributed by atoms with Crippen molar-refractivity contribution in [3.05, 3.63) is 59.7 Å². The maximum Gasteiger partial charge on any atom is 0.407 e. The highest BCUT2D eigenvalue weighted by molar-refractivity contribution is 7.99. The van der Waals surface area contributed by atoms with Gasteiger partial charge in [0.05, 0.1) is 39.6 Å². The first-order valence-electron chi connectivity index (χ1n) is 39.4. The Morgan fingerprint density at radius 3 is 0.780 bits per heavy atom. The number of hydrogen-bond donors (Lipinski definition) is 7. The summed E-state index contributed by atoms with van der Waals surface area (Å²) in [6, 6.07) is 15.6. The second kappa shape index (κ2) is 44.6. The van der Waals surface area contributed by atoms with Crippen LogP contribution in [0.25, 0.3) is 11.1 Å². The number of aliphatic hydroxyl groups is 6. The van der Waals surface area contributed by atoms with Gasteiger partial charge >= 0.3 is 71.8 Å². The van der Waals surface area contributed by atoms with Gasteiger partial charge in [-0.05, 0) is 34.4 Å². The molecule has 123 heavy (non-hydrogen) atoms. The van der Waals surface area contributed by atoms with Crippen LogP contribution in [0.1, 0.15) is 99.6 Å². The highest BCUT2D eigenvalue weighted by Gasteiger charge is 2.64. The summed E-state index contributed by atoms with van der Waals surface area (Å²) in [5.74, 6) is -12.5. The minimum atomic E-state index is -2.26. The highest BCUT2D eigenvalue weighted by Crippen LogP contribution is 2.47. The standard InChI is InChI=1S/C78H103NO43S/c1-32(86)100-60-54-48(25-80)111-72(66(60)98-22-16-23-123-24-21-79-78(97)99-31-47-45-19-14-12-17-43(45)44-18-13-15-20-46(44)47)117-55-49(26-81)112-74(67(106-38(7)92)61(55)101-33(2)87)119-57-51(28-83)114-76(69(108-40(9)94)63(57)103-35(4)89)121-59-53(30-85)116-77(71(110-42(11)96)65(59)105-37(6)91)122-58-52(29-84)115-75(70(109-41(10)95)64(58)104-36(5)90)120-56-50(27-82)113-73(118-54)68(107-39(8)93)62(56)102-34(3)88/h12-15,17-20,47-77,80-85H,16,21-31H2,1-11H3,(H,79,97)/t48-,49-,50-,51+,52+,53+,54-,55-,56-,57+,58+,59+,60+,61+,62+,63-,64-,65-,66-,67-,68-,69+,70+,71+,72-,73-,74-,75+,76+,77+/m1/s1. The zero-order valence-corrected chi connectivity index (χ0v) is 69.5. The lowest BCUT2D eigenvalue weighted by atomic mass is 9.94. The Morgan fingerprint density at radius 2 is 0.537 bits per heavy atom. The largest absolute Gasteiger partial charge is 0.457 e. The number of amides is 1. The van der Waals surface area contributed by atoms with Crippen molar-refractivity contribution >= 4 is 83.5 Å². The van der Waals surface area contributed by atoms with Crippen LogP contribution in [0.5, 0.6) is 0 Å². The van der Waals surface area contributed by atoms with E-state index >= 15 is 0 Å². The Hall–Kier alpha value is -8.53. The second-order valence-corrected chi connectivity index (χ2v) is 30.6. The second-order valence-electron chi connectivity index (χ2n) is 29.3. The van der Waals surface area contributed by atoms with Crippen LogP contribution in [-0.2, 0) is 171 Å². The molecule has 7 N–H and O–H groups in total. The lowest BCUT2D eigenvalue weighted by molar-refractivity contribution is -0.405. The number of carbonyl (C=O) groups is 12. The number of esters is 11. The molecule has 1 aliphatic carbocycles. The van der Waals surface area contributed by atoms with Gasteiger partial charge in [-0.15, -0.1) is 0 Å². The maximum atomic E-state index is 13.8. The van der Waals surface area contributed by atoms with Gasteiger partial charge in [0.2, 0.25) is 0 Å². The van der Waals surface area contributed by atoms with Gasteiger partial charge < -0.3 is 154 Å². The predicted octanol–water partition coefficient (Wildman–Crippen LogP) is -2.09. The van der Waals surface area contributed by atoms with E-state index in [1.165, 1.54) is 11.8 Å². The molecule has 22 saturated heterocycles. The summed E-state index contributed by atoms with van der Waals surface area (Å²) in [4.78, 5) is 162. The van der Waals surface area contributed by atoms with Crippen LogP contribution in [-0.4, -0.2) is 358 Å². The first-order chi connectivity index (χ1) is 58.7. The quantitative estimate of drug-likeness (QED) is 0.0286. The van der Waals surface area contributed by atoms with E-state index in [1.54, 1.807) is 0 Å². The normalized spacial score (nSPS) is 34.8. The predicted molar refractivity (Wildman–Crippen MR) is 400 cm³/mol. The Kier molecular flexibility index (Phi) is 35.0. The monoisotopic (exact) mass is 1770 g/mol. The van der Waals surface area contributed by atoms with Crippen molar-refractivity contribution in [1.29, 1.82) is 0 Å². The van der Waals surface area contributed by atoms with Crippen molar-refractivity contribution in [3.63, 3.8) is 0 Å². The van der Waals surface area contributed by atoms with E-state index in [4.69, 9.17) is 118 Å². The molecule has 22 aliphatic heterocycles. The summed E-state index contributed by atoms with van der Waals surface area (Å²) in [5.41, 5.74) is 4.09. The molecule has 22 fully saturated rings. The topological polar surface area (TPSA) is 569 Å². The van der Waals surface area contributed by atoms with Crippen LogP contribution in [0, 0.1) is 0 Å². The molecule has 23 aliphatic rings. The molecule has 0 radical (unpaired) electrons. The van der Waals surface area contributed by atoms with Gasteiger partial charge in [0.1, 0.15) is 86.0 Å². The fourth-order valence-corrected chi connectivity index (χ4v) is 16.6. The molecule has 45 heteroatoms. The number of hydrogen-bond acceptors (Lipinski definition) is 44. The number of alkyl carbamates (subject to hydrolysis) is 1. The van der Waals surface area contributed by atoms with E-state index in [9.17, 15) is 88.2 Å². The van der Waals surface area contributed by atoms with Gasteiger partial charge in [-0.2, -0.15) is 11.8 Å². The number of aliphatic hydroxyl groups excluding tert-OH is 6. The van der Waals surface area contributed by atoms with Gasteiger partial charge in [0, 0.05) is 101 Å². The van der Waals surface area contributed by atoms with Gasteiger partial charge in [0.15, 0.2) is 105 Å². The first-order valence-corrected chi connectivity index (χ1v) is 40.5. The van der Waals surface area contributed by atoms with Crippen molar-refractivity contribution in [3.8, 4) is 11.1 Å². The summed E-state index contributed by atoms with van der Waals surface area (Å²) in [6.45, 7) is 2.43. The zero-order chi connectivity index (χ0) is 89.4. The van der Waals surface area contributed by atoms with Crippen LogP contribution >= 0.6 is 11.8 Å². The molecule has 2 aromatic carbocycles. The Morgan fingerprint density at radius 1 is 0.309 bits per heavy atom. The third-order valence-corrected chi connectivity index (χ3v) is 21.4. The van der Waals surface area contributed by atoms with Gasteiger partial charge in [-0.1, -0.05) is 48.5 Å². The molecule has 0 aromatic heterocycles.